The second-order valence-corrected chi connectivity index (χ2v) is 3.14. The molecule has 1 aromatic rings. The number of hydrogen-bond donors (Lipinski definition) is 3. The van der Waals surface area contributed by atoms with Crippen molar-refractivity contribution < 1.29 is 9.90 Å². The Kier molecular flexibility index (Phi) is 3.48. The molecule has 1 aromatic carbocycles. The lowest BCUT2D eigenvalue weighted by Gasteiger charge is -2.11. The Morgan fingerprint density at radius 3 is 2.79 bits per heavy atom. The molecule has 1 atom stereocenters. The molecule has 0 aromatic heterocycles. The Morgan fingerprint density at radius 2 is 2.21 bits per heavy atom. The van der Waals surface area contributed by atoms with E-state index in [9.17, 15) is 4.79 Å². The number of para-hydroxylation sites is 1. The number of aliphatic hydroxyl groups is 1. The summed E-state index contributed by atoms with van der Waals surface area (Å²) in [5.74, 6) is -0.260. The number of benzene rings is 1. The normalized spacial score (nSPS) is 12.1. The van der Waals surface area contributed by atoms with Gasteiger partial charge in [-0.15, -0.1) is 0 Å². The van der Waals surface area contributed by atoms with Gasteiger partial charge in [0, 0.05) is 11.7 Å². The molecule has 0 heterocycles. The fraction of sp³-hybridized carbons (Fsp3) is 0.300. The zero-order valence-electron chi connectivity index (χ0n) is 8.03. The van der Waals surface area contributed by atoms with Crippen molar-refractivity contribution in [2.75, 3.05) is 12.3 Å². The monoisotopic (exact) mass is 194 g/mol. The van der Waals surface area contributed by atoms with E-state index in [0.29, 0.717) is 11.3 Å². The third-order valence-electron chi connectivity index (χ3n) is 1.86. The van der Waals surface area contributed by atoms with Crippen molar-refractivity contribution in [3.8, 4) is 0 Å². The average Bonchev–Trinajstić information content (AvgIpc) is 2.18. The summed E-state index contributed by atoms with van der Waals surface area (Å²) in [6, 6.07) is 6.56. The van der Waals surface area contributed by atoms with E-state index in [1.54, 1.807) is 31.2 Å². The zero-order chi connectivity index (χ0) is 10.6. The van der Waals surface area contributed by atoms with Crippen molar-refractivity contribution in [1.82, 2.24) is 5.32 Å². The largest absolute Gasteiger partial charge is 0.398 e. The van der Waals surface area contributed by atoms with Crippen molar-refractivity contribution in [2.45, 2.75) is 13.0 Å². The predicted molar refractivity (Wildman–Crippen MR) is 54.9 cm³/mol. The second kappa shape index (κ2) is 4.62. The summed E-state index contributed by atoms with van der Waals surface area (Å²) in [6.07, 6.45) is 0. The summed E-state index contributed by atoms with van der Waals surface area (Å²) in [5, 5.41) is 11.4. The number of aliphatic hydroxyl groups excluding tert-OH is 1. The number of nitrogens with one attached hydrogen (secondary N) is 1. The van der Waals surface area contributed by atoms with Crippen LogP contribution in [0.5, 0.6) is 0 Å². The van der Waals surface area contributed by atoms with E-state index >= 15 is 0 Å². The van der Waals surface area contributed by atoms with Crippen molar-refractivity contribution in [3.63, 3.8) is 0 Å². The van der Waals surface area contributed by atoms with Gasteiger partial charge in [0.1, 0.15) is 0 Å². The predicted octanol–water partition coefficient (Wildman–Crippen LogP) is 0.379. The van der Waals surface area contributed by atoms with Gasteiger partial charge in [0.2, 0.25) is 0 Å². The van der Waals surface area contributed by atoms with Crippen LogP contribution in [0, 0.1) is 0 Å². The van der Waals surface area contributed by atoms with Gasteiger partial charge in [-0.2, -0.15) is 0 Å². The topological polar surface area (TPSA) is 75.3 Å². The van der Waals surface area contributed by atoms with Gasteiger partial charge in [0.05, 0.1) is 12.2 Å². The highest BCUT2D eigenvalue weighted by molar-refractivity contribution is 5.99. The van der Waals surface area contributed by atoms with Crippen LogP contribution >= 0.6 is 0 Å². The van der Waals surface area contributed by atoms with E-state index in [1.165, 1.54) is 0 Å². The number of amides is 1. The molecule has 0 saturated carbocycles. The van der Waals surface area contributed by atoms with Crippen LogP contribution in [0.2, 0.25) is 0 Å². The molecular weight excluding hydrogens is 180 g/mol. The Morgan fingerprint density at radius 1 is 1.57 bits per heavy atom. The van der Waals surface area contributed by atoms with Crippen LogP contribution in [-0.4, -0.2) is 23.7 Å². The van der Waals surface area contributed by atoms with Gasteiger partial charge >= 0.3 is 0 Å². The SMILES string of the molecule is CC(CO)NC(=O)c1ccccc1N. The maximum atomic E-state index is 11.5. The lowest BCUT2D eigenvalue weighted by atomic mass is 10.1. The third-order valence-corrected chi connectivity index (χ3v) is 1.86. The highest BCUT2D eigenvalue weighted by Crippen LogP contribution is 2.09. The quantitative estimate of drug-likeness (QED) is 0.609. The van der Waals surface area contributed by atoms with Gasteiger partial charge in [0.15, 0.2) is 0 Å². The van der Waals surface area contributed by atoms with E-state index < -0.39 is 0 Å². The molecule has 0 aliphatic carbocycles. The molecule has 0 aliphatic rings. The van der Waals surface area contributed by atoms with Gasteiger partial charge in [-0.25, -0.2) is 0 Å². The Bertz CT molecular complexity index is 326. The Balaban J connectivity index is 2.75. The van der Waals surface area contributed by atoms with Crippen molar-refractivity contribution >= 4 is 11.6 Å². The number of carbonyl (C=O) groups is 1. The van der Waals surface area contributed by atoms with Gasteiger partial charge in [0.25, 0.3) is 5.91 Å². The smallest absolute Gasteiger partial charge is 0.253 e. The first-order valence-electron chi connectivity index (χ1n) is 4.41. The molecule has 0 fully saturated rings. The van der Waals surface area contributed by atoms with Crippen molar-refractivity contribution in [2.24, 2.45) is 0 Å². The first kappa shape index (κ1) is 10.5. The molecule has 1 amide bonds. The van der Waals surface area contributed by atoms with Gasteiger partial charge in [-0.1, -0.05) is 12.1 Å². The van der Waals surface area contributed by atoms with E-state index in [4.69, 9.17) is 10.8 Å². The molecule has 0 aliphatic heterocycles. The van der Waals surface area contributed by atoms with Crippen LogP contribution in [-0.2, 0) is 0 Å². The van der Waals surface area contributed by atoms with Crippen molar-refractivity contribution in [3.05, 3.63) is 29.8 Å². The molecule has 4 N–H and O–H groups in total. The molecule has 0 saturated heterocycles. The van der Waals surface area contributed by atoms with Crippen molar-refractivity contribution in [1.29, 1.82) is 0 Å². The third kappa shape index (κ3) is 2.47. The summed E-state index contributed by atoms with van der Waals surface area (Å²) < 4.78 is 0. The maximum Gasteiger partial charge on any atom is 0.253 e. The molecule has 4 nitrogen and oxygen atoms in total. The standard InChI is InChI=1S/C10H14N2O2/c1-7(6-13)12-10(14)8-4-2-3-5-9(8)11/h2-5,7,13H,6,11H2,1H3,(H,12,14). The Hall–Kier alpha value is -1.55. The summed E-state index contributed by atoms with van der Waals surface area (Å²) in [7, 11) is 0. The van der Waals surface area contributed by atoms with Crippen LogP contribution in [0.3, 0.4) is 0 Å². The lowest BCUT2D eigenvalue weighted by Crippen LogP contribution is -2.35. The van der Waals surface area contributed by atoms with E-state index in [-0.39, 0.29) is 18.6 Å². The highest BCUT2D eigenvalue weighted by atomic mass is 16.3. The number of carbonyl (C=O) groups excluding carboxylic acids is 1. The first-order valence-corrected chi connectivity index (χ1v) is 4.41. The molecule has 0 bridgehead atoms. The van der Waals surface area contributed by atoms with Crippen LogP contribution in [0.25, 0.3) is 0 Å². The minimum atomic E-state index is -0.262. The van der Waals surface area contributed by atoms with Crippen LogP contribution < -0.4 is 11.1 Å². The average molecular weight is 194 g/mol. The van der Waals surface area contributed by atoms with Gasteiger partial charge in [-0.3, -0.25) is 4.79 Å². The number of rotatable bonds is 3. The summed E-state index contributed by atoms with van der Waals surface area (Å²) in [4.78, 5) is 11.5. The molecule has 14 heavy (non-hydrogen) atoms. The van der Waals surface area contributed by atoms with Gasteiger partial charge in [-0.05, 0) is 19.1 Å². The summed E-state index contributed by atoms with van der Waals surface area (Å²) in [5.41, 5.74) is 6.49. The molecule has 4 heteroatoms. The number of hydrogen-bond acceptors (Lipinski definition) is 3. The summed E-state index contributed by atoms with van der Waals surface area (Å²) in [6.45, 7) is 1.63. The van der Waals surface area contributed by atoms with Gasteiger partial charge < -0.3 is 16.2 Å². The molecule has 0 radical (unpaired) electrons. The first-order chi connectivity index (χ1) is 6.65. The maximum absolute atomic E-state index is 11.5. The molecule has 0 spiro atoms. The van der Waals surface area contributed by atoms with E-state index in [2.05, 4.69) is 5.32 Å². The molecular formula is C10H14N2O2. The van der Waals surface area contributed by atoms with Crippen LogP contribution in [0.4, 0.5) is 5.69 Å². The van der Waals surface area contributed by atoms with E-state index in [0.717, 1.165) is 0 Å². The minimum absolute atomic E-state index is 0.0848. The molecule has 76 valence electrons. The van der Waals surface area contributed by atoms with E-state index in [1.807, 2.05) is 0 Å². The zero-order valence-corrected chi connectivity index (χ0v) is 8.03. The fourth-order valence-corrected chi connectivity index (χ4v) is 1.05. The van der Waals surface area contributed by atoms with Crippen LogP contribution in [0.15, 0.2) is 24.3 Å². The molecule has 1 unspecified atom stereocenters. The summed E-state index contributed by atoms with van der Waals surface area (Å²) >= 11 is 0. The molecule has 1 rings (SSSR count). The highest BCUT2D eigenvalue weighted by Gasteiger charge is 2.10. The van der Waals surface area contributed by atoms with Crippen LogP contribution in [0.1, 0.15) is 17.3 Å². The Labute approximate surface area is 82.7 Å². The fourth-order valence-electron chi connectivity index (χ4n) is 1.05. The number of nitrogens with two attached hydrogens (primary N) is 1. The lowest BCUT2D eigenvalue weighted by molar-refractivity contribution is 0.0923. The minimum Gasteiger partial charge on any atom is -0.398 e. The second-order valence-electron chi connectivity index (χ2n) is 3.14. The number of anilines is 1. The number of nitrogen functional groups attached to an aromatic ring is 1.